The highest BCUT2D eigenvalue weighted by Crippen LogP contribution is 2.36. The van der Waals surface area contributed by atoms with Crippen molar-refractivity contribution in [3.8, 4) is 0 Å². The molecular formula is C14H11ClF3N. The van der Waals surface area contributed by atoms with Gasteiger partial charge in [0.05, 0.1) is 16.6 Å². The molecule has 0 fully saturated rings. The summed E-state index contributed by atoms with van der Waals surface area (Å²) >= 11 is 5.57. The van der Waals surface area contributed by atoms with Gasteiger partial charge in [-0.05, 0) is 23.3 Å². The van der Waals surface area contributed by atoms with Crippen molar-refractivity contribution in [2.75, 3.05) is 0 Å². The molecule has 0 bridgehead atoms. The van der Waals surface area contributed by atoms with Crippen LogP contribution in [0.1, 0.15) is 22.7 Å². The quantitative estimate of drug-likeness (QED) is 0.869. The predicted molar refractivity (Wildman–Crippen MR) is 68.9 cm³/mol. The fraction of sp³-hybridized carbons (Fsp3) is 0.143. The maximum atomic E-state index is 12.8. The zero-order chi connectivity index (χ0) is 14.0. The molecule has 19 heavy (non-hydrogen) atoms. The summed E-state index contributed by atoms with van der Waals surface area (Å²) in [4.78, 5) is 0. The second-order valence-corrected chi connectivity index (χ2v) is 4.53. The lowest BCUT2D eigenvalue weighted by molar-refractivity contribution is -0.137. The van der Waals surface area contributed by atoms with Crippen molar-refractivity contribution < 1.29 is 13.2 Å². The summed E-state index contributed by atoms with van der Waals surface area (Å²) in [6, 6.07) is 12.1. The third-order valence-electron chi connectivity index (χ3n) is 2.81. The molecule has 0 aliphatic rings. The highest BCUT2D eigenvalue weighted by molar-refractivity contribution is 6.31. The average Bonchev–Trinajstić information content (AvgIpc) is 2.38. The van der Waals surface area contributed by atoms with Crippen LogP contribution in [0.3, 0.4) is 0 Å². The number of benzene rings is 2. The molecule has 0 heterocycles. The fourth-order valence-corrected chi connectivity index (χ4v) is 2.03. The number of alkyl halides is 3. The van der Waals surface area contributed by atoms with Crippen molar-refractivity contribution >= 4 is 11.6 Å². The molecule has 0 saturated carbocycles. The maximum Gasteiger partial charge on any atom is 0.417 e. The van der Waals surface area contributed by atoms with E-state index < -0.39 is 17.8 Å². The van der Waals surface area contributed by atoms with Gasteiger partial charge in [-0.1, -0.05) is 48.0 Å². The molecule has 1 unspecified atom stereocenters. The highest BCUT2D eigenvalue weighted by atomic mass is 35.5. The monoisotopic (exact) mass is 285 g/mol. The Labute approximate surface area is 113 Å². The minimum absolute atomic E-state index is 0.323. The molecule has 0 aromatic heterocycles. The van der Waals surface area contributed by atoms with Gasteiger partial charge < -0.3 is 5.73 Å². The highest BCUT2D eigenvalue weighted by Gasteiger charge is 2.33. The predicted octanol–water partition coefficient (Wildman–Crippen LogP) is 4.41. The van der Waals surface area contributed by atoms with Gasteiger partial charge in [0.2, 0.25) is 0 Å². The van der Waals surface area contributed by atoms with Crippen LogP contribution in [0.25, 0.3) is 0 Å². The van der Waals surface area contributed by atoms with Gasteiger partial charge in [-0.3, -0.25) is 0 Å². The van der Waals surface area contributed by atoms with Gasteiger partial charge in [0.1, 0.15) is 0 Å². The van der Waals surface area contributed by atoms with E-state index in [1.807, 2.05) is 6.07 Å². The number of nitrogens with two attached hydrogens (primary N) is 1. The summed E-state index contributed by atoms with van der Waals surface area (Å²) < 4.78 is 38.3. The molecule has 2 rings (SSSR count). The summed E-state index contributed by atoms with van der Waals surface area (Å²) in [5.74, 6) is 0. The van der Waals surface area contributed by atoms with Crippen LogP contribution in [-0.4, -0.2) is 0 Å². The molecule has 1 nitrogen and oxygen atoms in total. The van der Waals surface area contributed by atoms with E-state index in [1.54, 1.807) is 24.3 Å². The number of halogens is 4. The van der Waals surface area contributed by atoms with Crippen LogP contribution in [0.15, 0.2) is 48.5 Å². The van der Waals surface area contributed by atoms with Gasteiger partial charge in [-0.15, -0.1) is 0 Å². The zero-order valence-corrected chi connectivity index (χ0v) is 10.5. The maximum absolute atomic E-state index is 12.8. The van der Waals surface area contributed by atoms with Gasteiger partial charge in [-0.2, -0.15) is 13.2 Å². The molecule has 0 aliphatic heterocycles. The number of rotatable bonds is 2. The Bertz CT molecular complexity index is 567. The molecule has 0 amide bonds. The number of hydrogen-bond donors (Lipinski definition) is 1. The minimum Gasteiger partial charge on any atom is -0.320 e. The van der Waals surface area contributed by atoms with E-state index in [4.69, 9.17) is 17.3 Å². The first-order valence-corrected chi connectivity index (χ1v) is 5.94. The second kappa shape index (κ2) is 5.23. The van der Waals surface area contributed by atoms with Crippen molar-refractivity contribution in [3.05, 3.63) is 70.2 Å². The fourth-order valence-electron chi connectivity index (χ4n) is 1.81. The molecular weight excluding hydrogens is 275 g/mol. The Hall–Kier alpha value is -1.52. The average molecular weight is 286 g/mol. The SMILES string of the molecule is NC(c1ccccc1)c1ccc(Cl)c(C(F)(F)F)c1. The smallest absolute Gasteiger partial charge is 0.320 e. The molecule has 0 saturated heterocycles. The van der Waals surface area contributed by atoms with Crippen molar-refractivity contribution in [1.82, 2.24) is 0 Å². The zero-order valence-electron chi connectivity index (χ0n) is 9.79. The Morgan fingerprint density at radius 3 is 2.16 bits per heavy atom. The number of hydrogen-bond acceptors (Lipinski definition) is 1. The third-order valence-corrected chi connectivity index (χ3v) is 3.14. The molecule has 0 spiro atoms. The summed E-state index contributed by atoms with van der Waals surface area (Å²) in [5, 5.41) is -0.323. The first-order chi connectivity index (χ1) is 8.89. The van der Waals surface area contributed by atoms with E-state index in [-0.39, 0.29) is 5.02 Å². The van der Waals surface area contributed by atoms with Gasteiger partial charge in [0.25, 0.3) is 0 Å². The Morgan fingerprint density at radius 2 is 1.58 bits per heavy atom. The topological polar surface area (TPSA) is 26.0 Å². The minimum atomic E-state index is -4.48. The molecule has 0 radical (unpaired) electrons. The van der Waals surface area contributed by atoms with Gasteiger partial charge in [0.15, 0.2) is 0 Å². The lowest BCUT2D eigenvalue weighted by atomic mass is 9.98. The molecule has 2 aromatic rings. The van der Waals surface area contributed by atoms with E-state index in [1.165, 1.54) is 12.1 Å². The molecule has 5 heteroatoms. The standard InChI is InChI=1S/C14H11ClF3N/c15-12-7-6-10(8-11(12)14(16,17)18)13(19)9-4-2-1-3-5-9/h1-8,13H,19H2. The molecule has 100 valence electrons. The summed E-state index contributed by atoms with van der Waals surface area (Å²) in [5.41, 5.74) is 6.23. The molecule has 2 N–H and O–H groups in total. The van der Waals surface area contributed by atoms with E-state index in [9.17, 15) is 13.2 Å². The van der Waals surface area contributed by atoms with Gasteiger partial charge >= 0.3 is 6.18 Å². The van der Waals surface area contributed by atoms with Gasteiger partial charge in [0, 0.05) is 0 Å². The second-order valence-electron chi connectivity index (χ2n) is 4.13. The van der Waals surface area contributed by atoms with Crippen LogP contribution < -0.4 is 5.73 Å². The third kappa shape index (κ3) is 3.08. The van der Waals surface area contributed by atoms with E-state index in [2.05, 4.69) is 0 Å². The van der Waals surface area contributed by atoms with E-state index >= 15 is 0 Å². The molecule has 0 aliphatic carbocycles. The van der Waals surface area contributed by atoms with Crippen LogP contribution >= 0.6 is 11.6 Å². The summed E-state index contributed by atoms with van der Waals surface area (Å²) in [6.07, 6.45) is -4.48. The van der Waals surface area contributed by atoms with E-state index in [0.29, 0.717) is 5.56 Å². The van der Waals surface area contributed by atoms with Crippen LogP contribution in [0.5, 0.6) is 0 Å². The van der Waals surface area contributed by atoms with Crippen molar-refractivity contribution in [3.63, 3.8) is 0 Å². The lowest BCUT2D eigenvalue weighted by Gasteiger charge is -2.16. The summed E-state index contributed by atoms with van der Waals surface area (Å²) in [7, 11) is 0. The van der Waals surface area contributed by atoms with Crippen molar-refractivity contribution in [2.45, 2.75) is 12.2 Å². The van der Waals surface area contributed by atoms with Crippen molar-refractivity contribution in [2.24, 2.45) is 5.73 Å². The van der Waals surface area contributed by atoms with Crippen molar-refractivity contribution in [1.29, 1.82) is 0 Å². The van der Waals surface area contributed by atoms with Crippen LogP contribution in [0.2, 0.25) is 5.02 Å². The van der Waals surface area contributed by atoms with E-state index in [0.717, 1.165) is 11.6 Å². The van der Waals surface area contributed by atoms with Crippen LogP contribution in [0, 0.1) is 0 Å². The Morgan fingerprint density at radius 1 is 0.947 bits per heavy atom. The summed E-state index contributed by atoms with van der Waals surface area (Å²) in [6.45, 7) is 0. The lowest BCUT2D eigenvalue weighted by Crippen LogP contribution is -2.14. The molecule has 1 atom stereocenters. The Kier molecular flexibility index (Phi) is 3.83. The normalized spacial score (nSPS) is 13.3. The first-order valence-electron chi connectivity index (χ1n) is 5.57. The largest absolute Gasteiger partial charge is 0.417 e. The molecule has 2 aromatic carbocycles. The van der Waals surface area contributed by atoms with Crippen LogP contribution in [0.4, 0.5) is 13.2 Å². The van der Waals surface area contributed by atoms with Gasteiger partial charge in [-0.25, -0.2) is 0 Å². The first kappa shape index (κ1) is 13.9. The Balaban J connectivity index is 2.42. The van der Waals surface area contributed by atoms with Crippen LogP contribution in [-0.2, 0) is 6.18 Å².